The summed E-state index contributed by atoms with van der Waals surface area (Å²) in [4.78, 5) is 24.1. The molecule has 1 amide bonds. The Morgan fingerprint density at radius 3 is 2.47 bits per heavy atom. The number of nitrogens with one attached hydrogen (secondary N) is 1. The zero-order valence-corrected chi connectivity index (χ0v) is 10.2. The van der Waals surface area contributed by atoms with Crippen LogP contribution >= 0.6 is 0 Å². The van der Waals surface area contributed by atoms with Crippen molar-refractivity contribution in [3.8, 4) is 0 Å². The number of hydrogen-bond donors (Lipinski definition) is 3. The third-order valence-electron chi connectivity index (χ3n) is 3.40. The highest BCUT2D eigenvalue weighted by Crippen LogP contribution is 2.22. The van der Waals surface area contributed by atoms with Gasteiger partial charge in [0, 0.05) is 32.6 Å². The monoisotopic (exact) mass is 243 g/mol. The van der Waals surface area contributed by atoms with E-state index in [0.29, 0.717) is 12.8 Å². The van der Waals surface area contributed by atoms with Crippen molar-refractivity contribution in [2.45, 2.75) is 31.7 Å². The Morgan fingerprint density at radius 1 is 1.41 bits per heavy atom. The van der Waals surface area contributed by atoms with Gasteiger partial charge in [-0.2, -0.15) is 0 Å². The van der Waals surface area contributed by atoms with Crippen LogP contribution in [0.25, 0.3) is 0 Å². The number of hydrogen-bond acceptors (Lipinski definition) is 4. The van der Waals surface area contributed by atoms with E-state index in [1.807, 2.05) is 11.8 Å². The maximum Gasteiger partial charge on any atom is 0.303 e. The second-order valence-corrected chi connectivity index (χ2v) is 4.62. The van der Waals surface area contributed by atoms with Crippen LogP contribution in [-0.2, 0) is 9.59 Å². The van der Waals surface area contributed by atoms with E-state index < -0.39 is 11.5 Å². The molecule has 1 atom stereocenters. The standard InChI is InChI=1S/C11H21N3O3/c1-11(10(12)17,4-2-3-9(15)16)14-7-5-13-6-8-14/h13H,2-8H2,1H3,(H2,12,17)(H,15,16). The molecule has 1 saturated heterocycles. The van der Waals surface area contributed by atoms with Gasteiger partial charge in [-0.15, -0.1) is 0 Å². The molecule has 0 aromatic heterocycles. The van der Waals surface area contributed by atoms with Gasteiger partial charge in [0.05, 0.1) is 5.54 Å². The van der Waals surface area contributed by atoms with Crippen LogP contribution in [-0.4, -0.2) is 53.6 Å². The molecule has 0 aromatic rings. The summed E-state index contributed by atoms with van der Waals surface area (Å²) in [5, 5.41) is 11.8. The van der Waals surface area contributed by atoms with E-state index in [0.717, 1.165) is 26.2 Å². The Bertz CT molecular complexity index is 290. The first-order valence-corrected chi connectivity index (χ1v) is 5.94. The van der Waals surface area contributed by atoms with E-state index in [4.69, 9.17) is 10.8 Å². The number of carbonyl (C=O) groups is 2. The van der Waals surface area contributed by atoms with Crippen LogP contribution in [0.3, 0.4) is 0 Å². The molecule has 0 spiro atoms. The van der Waals surface area contributed by atoms with Gasteiger partial charge < -0.3 is 16.2 Å². The first kappa shape index (κ1) is 13.9. The molecule has 17 heavy (non-hydrogen) atoms. The largest absolute Gasteiger partial charge is 0.481 e. The number of aliphatic carboxylic acids is 1. The maximum absolute atomic E-state index is 11.6. The highest BCUT2D eigenvalue weighted by Gasteiger charge is 2.37. The van der Waals surface area contributed by atoms with E-state index in [-0.39, 0.29) is 12.3 Å². The summed E-state index contributed by atoms with van der Waals surface area (Å²) in [6.45, 7) is 5.02. The van der Waals surface area contributed by atoms with Crippen LogP contribution in [0.5, 0.6) is 0 Å². The third kappa shape index (κ3) is 3.67. The predicted octanol–water partition coefficient (Wildman–Crippen LogP) is -0.609. The van der Waals surface area contributed by atoms with Crippen molar-refractivity contribution in [3.05, 3.63) is 0 Å². The van der Waals surface area contributed by atoms with Gasteiger partial charge in [0.15, 0.2) is 0 Å². The molecule has 1 heterocycles. The summed E-state index contributed by atoms with van der Waals surface area (Å²) in [7, 11) is 0. The lowest BCUT2D eigenvalue weighted by molar-refractivity contribution is -0.138. The first-order chi connectivity index (χ1) is 7.97. The Hall–Kier alpha value is -1.14. The van der Waals surface area contributed by atoms with Crippen molar-refractivity contribution in [2.24, 2.45) is 5.73 Å². The number of amides is 1. The van der Waals surface area contributed by atoms with Crippen molar-refractivity contribution in [1.82, 2.24) is 10.2 Å². The van der Waals surface area contributed by atoms with Crippen LogP contribution in [0, 0.1) is 0 Å². The Morgan fingerprint density at radius 2 is 2.00 bits per heavy atom. The highest BCUT2D eigenvalue weighted by atomic mass is 16.4. The summed E-state index contributed by atoms with van der Waals surface area (Å²) < 4.78 is 0. The van der Waals surface area contributed by atoms with Crippen LogP contribution in [0.15, 0.2) is 0 Å². The summed E-state index contributed by atoms with van der Waals surface area (Å²) in [6.07, 6.45) is 1.04. The highest BCUT2D eigenvalue weighted by molar-refractivity contribution is 5.84. The number of primary amides is 1. The average molecular weight is 243 g/mol. The lowest BCUT2D eigenvalue weighted by atomic mass is 9.91. The molecule has 0 saturated carbocycles. The summed E-state index contributed by atoms with van der Waals surface area (Å²) in [5.41, 5.74) is 4.75. The van der Waals surface area contributed by atoms with Crippen LogP contribution in [0.4, 0.5) is 0 Å². The van der Waals surface area contributed by atoms with Gasteiger partial charge in [0.25, 0.3) is 0 Å². The zero-order chi connectivity index (χ0) is 12.9. The van der Waals surface area contributed by atoms with Gasteiger partial charge in [0.2, 0.25) is 5.91 Å². The molecule has 0 aliphatic carbocycles. The Labute approximate surface area is 101 Å². The normalized spacial score (nSPS) is 20.8. The molecular formula is C11H21N3O3. The van der Waals surface area contributed by atoms with E-state index in [1.165, 1.54) is 0 Å². The number of rotatable bonds is 6. The van der Waals surface area contributed by atoms with E-state index >= 15 is 0 Å². The summed E-state index contributed by atoms with van der Waals surface area (Å²) >= 11 is 0. The number of piperazine rings is 1. The minimum atomic E-state index is -0.836. The van der Waals surface area contributed by atoms with E-state index in [2.05, 4.69) is 5.32 Å². The first-order valence-electron chi connectivity index (χ1n) is 5.94. The van der Waals surface area contributed by atoms with Crippen molar-refractivity contribution in [3.63, 3.8) is 0 Å². The maximum atomic E-state index is 11.6. The van der Waals surface area contributed by atoms with Gasteiger partial charge in [-0.05, 0) is 19.8 Å². The van der Waals surface area contributed by atoms with Crippen LogP contribution in [0.1, 0.15) is 26.2 Å². The molecular weight excluding hydrogens is 222 g/mol. The van der Waals surface area contributed by atoms with E-state index in [9.17, 15) is 9.59 Å². The fourth-order valence-corrected chi connectivity index (χ4v) is 2.18. The number of carboxylic acids is 1. The molecule has 1 fully saturated rings. The fraction of sp³-hybridized carbons (Fsp3) is 0.818. The third-order valence-corrected chi connectivity index (χ3v) is 3.40. The molecule has 0 radical (unpaired) electrons. The minimum Gasteiger partial charge on any atom is -0.481 e. The quantitative estimate of drug-likeness (QED) is 0.578. The Balaban J connectivity index is 2.60. The topological polar surface area (TPSA) is 95.7 Å². The van der Waals surface area contributed by atoms with E-state index in [1.54, 1.807) is 0 Å². The fourth-order valence-electron chi connectivity index (χ4n) is 2.18. The number of carbonyl (C=O) groups excluding carboxylic acids is 1. The zero-order valence-electron chi connectivity index (χ0n) is 10.2. The predicted molar refractivity (Wildman–Crippen MR) is 63.5 cm³/mol. The molecule has 1 rings (SSSR count). The molecule has 98 valence electrons. The minimum absolute atomic E-state index is 0.0783. The SMILES string of the molecule is CC(CCCC(=O)O)(C(N)=O)N1CCNCC1. The van der Waals surface area contributed by atoms with Gasteiger partial charge in [-0.1, -0.05) is 0 Å². The van der Waals surface area contributed by atoms with Crippen LogP contribution < -0.4 is 11.1 Å². The summed E-state index contributed by atoms with van der Waals surface area (Å²) in [6, 6.07) is 0. The van der Waals surface area contributed by atoms with Gasteiger partial charge in [-0.25, -0.2) is 0 Å². The van der Waals surface area contributed by atoms with Crippen molar-refractivity contribution >= 4 is 11.9 Å². The molecule has 0 bridgehead atoms. The molecule has 1 aliphatic heterocycles. The van der Waals surface area contributed by atoms with Crippen molar-refractivity contribution in [1.29, 1.82) is 0 Å². The smallest absolute Gasteiger partial charge is 0.303 e. The lowest BCUT2D eigenvalue weighted by Crippen LogP contribution is -2.60. The molecule has 1 unspecified atom stereocenters. The average Bonchev–Trinajstić information content (AvgIpc) is 2.29. The number of carboxylic acid groups (broad SMARTS) is 1. The van der Waals surface area contributed by atoms with Crippen molar-refractivity contribution in [2.75, 3.05) is 26.2 Å². The molecule has 6 heteroatoms. The second-order valence-electron chi connectivity index (χ2n) is 4.62. The van der Waals surface area contributed by atoms with Crippen LogP contribution in [0.2, 0.25) is 0 Å². The Kier molecular flexibility index (Phi) is 4.89. The molecule has 1 aliphatic rings. The number of nitrogens with two attached hydrogens (primary N) is 1. The van der Waals surface area contributed by atoms with Gasteiger partial charge in [0.1, 0.15) is 0 Å². The number of nitrogens with zero attached hydrogens (tertiary/aromatic N) is 1. The molecule has 4 N–H and O–H groups in total. The lowest BCUT2D eigenvalue weighted by Gasteiger charge is -2.41. The molecule has 6 nitrogen and oxygen atoms in total. The van der Waals surface area contributed by atoms with Crippen molar-refractivity contribution < 1.29 is 14.7 Å². The van der Waals surface area contributed by atoms with Gasteiger partial charge >= 0.3 is 5.97 Å². The summed E-state index contributed by atoms with van der Waals surface area (Å²) in [5.74, 6) is -1.21. The molecule has 0 aromatic carbocycles. The second kappa shape index (κ2) is 5.97. The van der Waals surface area contributed by atoms with Gasteiger partial charge in [-0.3, -0.25) is 14.5 Å².